The number of carboxylic acids is 1. The van der Waals surface area contributed by atoms with E-state index >= 15 is 0 Å². The second-order valence-corrected chi connectivity index (χ2v) is 4.56. The molecule has 2 atom stereocenters. The van der Waals surface area contributed by atoms with Crippen LogP contribution in [-0.4, -0.2) is 46.8 Å². The van der Waals surface area contributed by atoms with Crippen molar-refractivity contribution in [1.82, 2.24) is 9.97 Å². The third kappa shape index (κ3) is 2.84. The van der Waals surface area contributed by atoms with Crippen molar-refractivity contribution in [3.8, 4) is 0 Å². The number of hydrogen-bond acceptors (Lipinski definition) is 5. The van der Waals surface area contributed by atoms with E-state index in [-0.39, 0.29) is 12.6 Å². The monoisotopic (exact) mass is 265 g/mol. The zero-order chi connectivity index (χ0) is 13.8. The fourth-order valence-electron chi connectivity index (χ4n) is 2.39. The van der Waals surface area contributed by atoms with Gasteiger partial charge >= 0.3 is 5.97 Å². The van der Waals surface area contributed by atoms with Gasteiger partial charge in [-0.15, -0.1) is 0 Å². The Kier molecular flexibility index (Phi) is 4.31. The lowest BCUT2D eigenvalue weighted by atomic mass is 10.0. The van der Waals surface area contributed by atoms with Crippen molar-refractivity contribution < 1.29 is 14.6 Å². The normalized spacial score (nSPS) is 22.4. The summed E-state index contributed by atoms with van der Waals surface area (Å²) in [7, 11) is 0. The van der Waals surface area contributed by atoms with E-state index in [1.54, 1.807) is 0 Å². The summed E-state index contributed by atoms with van der Waals surface area (Å²) in [5.74, 6) is -0.540. The molecule has 19 heavy (non-hydrogen) atoms. The van der Waals surface area contributed by atoms with Crippen LogP contribution in [0.2, 0.25) is 0 Å². The third-order valence-corrected chi connectivity index (χ3v) is 3.47. The molecule has 6 heteroatoms. The van der Waals surface area contributed by atoms with Gasteiger partial charge in [0, 0.05) is 18.3 Å². The summed E-state index contributed by atoms with van der Waals surface area (Å²) in [6.45, 7) is 5.41. The van der Waals surface area contributed by atoms with Gasteiger partial charge in [0.25, 0.3) is 0 Å². The van der Waals surface area contributed by atoms with Crippen molar-refractivity contribution in [2.45, 2.75) is 26.3 Å². The van der Waals surface area contributed by atoms with Crippen LogP contribution in [0.4, 0.5) is 5.82 Å². The Bertz CT molecular complexity index is 453. The van der Waals surface area contributed by atoms with Gasteiger partial charge in [-0.05, 0) is 13.3 Å². The molecular formula is C13H19N3O3. The highest BCUT2D eigenvalue weighted by molar-refractivity contribution is 5.72. The van der Waals surface area contributed by atoms with E-state index in [0.29, 0.717) is 13.2 Å². The van der Waals surface area contributed by atoms with E-state index in [1.807, 2.05) is 24.8 Å². The second-order valence-electron chi connectivity index (χ2n) is 4.56. The van der Waals surface area contributed by atoms with Crippen molar-refractivity contribution in [3.63, 3.8) is 0 Å². The summed E-state index contributed by atoms with van der Waals surface area (Å²) in [6, 6.07) is 1.75. The highest BCUT2D eigenvalue weighted by Gasteiger charge is 2.38. The average Bonchev–Trinajstić information content (AvgIpc) is 2.89. The average molecular weight is 265 g/mol. The van der Waals surface area contributed by atoms with Crippen LogP contribution in [0.5, 0.6) is 0 Å². The molecule has 0 spiro atoms. The molecule has 1 aromatic heterocycles. The quantitative estimate of drug-likeness (QED) is 0.854. The second kappa shape index (κ2) is 5.97. The van der Waals surface area contributed by atoms with Crippen molar-refractivity contribution in [2.75, 3.05) is 24.7 Å². The Morgan fingerprint density at radius 3 is 2.89 bits per heavy atom. The first-order chi connectivity index (χ1) is 9.17. The summed E-state index contributed by atoms with van der Waals surface area (Å²) in [5, 5.41) is 9.24. The molecule has 104 valence electrons. The maximum atomic E-state index is 11.2. The predicted octanol–water partition coefficient (Wildman–Crippen LogP) is 0.965. The molecular weight excluding hydrogens is 246 g/mol. The van der Waals surface area contributed by atoms with Gasteiger partial charge < -0.3 is 14.7 Å². The molecule has 0 saturated carbocycles. The molecule has 0 aromatic carbocycles. The number of rotatable bonds is 5. The van der Waals surface area contributed by atoms with Crippen LogP contribution >= 0.6 is 0 Å². The number of aryl methyl sites for hydroxylation is 1. The first-order valence-electron chi connectivity index (χ1n) is 6.55. The van der Waals surface area contributed by atoms with Crippen LogP contribution in [0.25, 0.3) is 0 Å². The minimum Gasteiger partial charge on any atom is -0.481 e. The number of carboxylic acid groups (broad SMARTS) is 1. The fourth-order valence-corrected chi connectivity index (χ4v) is 2.39. The third-order valence-electron chi connectivity index (χ3n) is 3.47. The Balaban J connectivity index is 2.25. The van der Waals surface area contributed by atoms with Crippen molar-refractivity contribution in [1.29, 1.82) is 0 Å². The molecule has 0 radical (unpaired) electrons. The smallest absolute Gasteiger partial charge is 0.311 e. The molecule has 2 rings (SSSR count). The SMILES string of the molecule is CCc1cc(N(CC)C2COCC2C(=O)O)ncn1. The maximum absolute atomic E-state index is 11.2. The van der Waals surface area contributed by atoms with E-state index in [9.17, 15) is 9.90 Å². The number of aliphatic carboxylic acids is 1. The molecule has 1 fully saturated rings. The minimum absolute atomic E-state index is 0.165. The van der Waals surface area contributed by atoms with Gasteiger partial charge in [-0.1, -0.05) is 6.92 Å². The first kappa shape index (κ1) is 13.7. The Morgan fingerprint density at radius 1 is 1.47 bits per heavy atom. The molecule has 1 N–H and O–H groups in total. The molecule has 1 saturated heterocycles. The van der Waals surface area contributed by atoms with Gasteiger partial charge in [0.1, 0.15) is 18.1 Å². The Morgan fingerprint density at radius 2 is 2.26 bits per heavy atom. The summed E-state index contributed by atoms with van der Waals surface area (Å²) in [5.41, 5.74) is 0.953. The van der Waals surface area contributed by atoms with Gasteiger partial charge in [-0.2, -0.15) is 0 Å². The lowest BCUT2D eigenvalue weighted by Gasteiger charge is -2.30. The van der Waals surface area contributed by atoms with Crippen molar-refractivity contribution in [3.05, 3.63) is 18.1 Å². The maximum Gasteiger partial charge on any atom is 0.311 e. The molecule has 2 heterocycles. The summed E-state index contributed by atoms with van der Waals surface area (Å²) < 4.78 is 5.33. The van der Waals surface area contributed by atoms with Gasteiger partial charge in [0.2, 0.25) is 0 Å². The Labute approximate surface area is 112 Å². The van der Waals surface area contributed by atoms with Crippen LogP contribution in [0.15, 0.2) is 12.4 Å². The van der Waals surface area contributed by atoms with Gasteiger partial charge in [0.05, 0.1) is 19.3 Å². The molecule has 2 unspecified atom stereocenters. The summed E-state index contributed by atoms with van der Waals surface area (Å²) >= 11 is 0. The standard InChI is InChI=1S/C13H19N3O3/c1-3-9-5-12(15-8-14-9)16(4-2)11-7-19-6-10(11)13(17)18/h5,8,10-11H,3-4,6-7H2,1-2H3,(H,17,18). The number of anilines is 1. The van der Waals surface area contributed by atoms with E-state index in [1.165, 1.54) is 6.33 Å². The largest absolute Gasteiger partial charge is 0.481 e. The number of hydrogen-bond donors (Lipinski definition) is 1. The first-order valence-corrected chi connectivity index (χ1v) is 6.55. The fraction of sp³-hybridized carbons (Fsp3) is 0.615. The number of likely N-dealkylation sites (N-methyl/N-ethyl adjacent to an activating group) is 1. The van der Waals surface area contributed by atoms with E-state index in [2.05, 4.69) is 9.97 Å². The lowest BCUT2D eigenvalue weighted by Crippen LogP contribution is -2.43. The van der Waals surface area contributed by atoms with E-state index in [0.717, 1.165) is 17.9 Å². The molecule has 6 nitrogen and oxygen atoms in total. The van der Waals surface area contributed by atoms with Gasteiger partial charge in [0.15, 0.2) is 0 Å². The zero-order valence-electron chi connectivity index (χ0n) is 11.2. The number of ether oxygens (including phenoxy) is 1. The minimum atomic E-state index is -0.814. The highest BCUT2D eigenvalue weighted by atomic mass is 16.5. The van der Waals surface area contributed by atoms with Crippen LogP contribution in [0.3, 0.4) is 0 Å². The Hall–Kier alpha value is -1.69. The van der Waals surface area contributed by atoms with E-state index < -0.39 is 11.9 Å². The molecule has 1 aliphatic heterocycles. The van der Waals surface area contributed by atoms with Crippen LogP contribution < -0.4 is 4.90 Å². The topological polar surface area (TPSA) is 75.5 Å². The summed E-state index contributed by atoms with van der Waals surface area (Å²) in [6.07, 6.45) is 2.36. The van der Waals surface area contributed by atoms with Gasteiger partial charge in [-0.3, -0.25) is 4.79 Å². The predicted molar refractivity (Wildman–Crippen MR) is 70.2 cm³/mol. The molecule has 0 aliphatic carbocycles. The van der Waals surface area contributed by atoms with Crippen LogP contribution in [0.1, 0.15) is 19.5 Å². The highest BCUT2D eigenvalue weighted by Crippen LogP contribution is 2.24. The lowest BCUT2D eigenvalue weighted by molar-refractivity contribution is -0.141. The zero-order valence-corrected chi connectivity index (χ0v) is 11.2. The van der Waals surface area contributed by atoms with Crippen LogP contribution in [0, 0.1) is 5.92 Å². The molecule has 1 aromatic rings. The van der Waals surface area contributed by atoms with Crippen LogP contribution in [-0.2, 0) is 16.0 Å². The number of carbonyl (C=O) groups is 1. The van der Waals surface area contributed by atoms with Gasteiger partial charge in [-0.25, -0.2) is 9.97 Å². The van der Waals surface area contributed by atoms with Crippen molar-refractivity contribution in [2.24, 2.45) is 5.92 Å². The molecule has 1 aliphatic rings. The number of nitrogens with zero attached hydrogens (tertiary/aromatic N) is 3. The molecule has 0 bridgehead atoms. The molecule has 0 amide bonds. The number of aromatic nitrogens is 2. The van der Waals surface area contributed by atoms with Crippen molar-refractivity contribution >= 4 is 11.8 Å². The summed E-state index contributed by atoms with van der Waals surface area (Å²) in [4.78, 5) is 21.7. The van der Waals surface area contributed by atoms with E-state index in [4.69, 9.17) is 4.74 Å².